The Balaban J connectivity index is 2.10. The molecule has 0 bridgehead atoms. The summed E-state index contributed by atoms with van der Waals surface area (Å²) in [7, 11) is 0. The van der Waals surface area contributed by atoms with Gasteiger partial charge in [0.1, 0.15) is 5.75 Å². The van der Waals surface area contributed by atoms with Crippen molar-refractivity contribution in [3.05, 3.63) is 29.8 Å². The molecule has 1 aliphatic rings. The quantitative estimate of drug-likeness (QED) is 0.803. The SMILES string of the molecule is CC1CCCCC1(N)Cc1ccc(O)cc1. The van der Waals surface area contributed by atoms with Crippen LogP contribution < -0.4 is 5.73 Å². The fraction of sp³-hybridized carbons (Fsp3) is 0.571. The van der Waals surface area contributed by atoms with E-state index in [0.29, 0.717) is 11.7 Å². The Kier molecular flexibility index (Phi) is 3.20. The fourth-order valence-electron chi connectivity index (χ4n) is 2.69. The van der Waals surface area contributed by atoms with Crippen LogP contribution in [0.2, 0.25) is 0 Å². The van der Waals surface area contributed by atoms with Gasteiger partial charge in [-0.15, -0.1) is 0 Å². The van der Waals surface area contributed by atoms with Crippen LogP contribution in [0, 0.1) is 5.92 Å². The zero-order valence-corrected chi connectivity index (χ0v) is 9.95. The molecule has 2 unspecified atom stereocenters. The molecule has 1 aliphatic carbocycles. The molecule has 16 heavy (non-hydrogen) atoms. The standard InChI is InChI=1S/C14H21NO/c1-11-4-2-3-9-14(11,15)10-12-5-7-13(16)8-6-12/h5-8,11,16H,2-4,9-10,15H2,1H3. The first-order valence-corrected chi connectivity index (χ1v) is 6.17. The lowest BCUT2D eigenvalue weighted by Crippen LogP contribution is -2.49. The van der Waals surface area contributed by atoms with Crippen LogP contribution in [0.1, 0.15) is 38.2 Å². The van der Waals surface area contributed by atoms with E-state index in [-0.39, 0.29) is 5.54 Å². The maximum absolute atomic E-state index is 9.25. The van der Waals surface area contributed by atoms with Gasteiger partial charge in [0.2, 0.25) is 0 Å². The number of hydrogen-bond acceptors (Lipinski definition) is 2. The molecule has 0 spiro atoms. The van der Waals surface area contributed by atoms with Crippen LogP contribution >= 0.6 is 0 Å². The van der Waals surface area contributed by atoms with Crippen molar-refractivity contribution >= 4 is 0 Å². The van der Waals surface area contributed by atoms with Gasteiger partial charge in [-0.05, 0) is 42.9 Å². The largest absolute Gasteiger partial charge is 0.508 e. The van der Waals surface area contributed by atoms with E-state index >= 15 is 0 Å². The molecule has 0 heterocycles. The van der Waals surface area contributed by atoms with Gasteiger partial charge in [0.15, 0.2) is 0 Å². The maximum Gasteiger partial charge on any atom is 0.115 e. The molecule has 0 radical (unpaired) electrons. The minimum atomic E-state index is -0.0464. The molecule has 0 aliphatic heterocycles. The predicted molar refractivity (Wildman–Crippen MR) is 66.4 cm³/mol. The first-order valence-electron chi connectivity index (χ1n) is 6.17. The molecule has 3 N–H and O–H groups in total. The molecular formula is C14H21NO. The zero-order valence-electron chi connectivity index (χ0n) is 9.95. The lowest BCUT2D eigenvalue weighted by atomic mass is 9.71. The van der Waals surface area contributed by atoms with Crippen molar-refractivity contribution in [2.24, 2.45) is 11.7 Å². The Morgan fingerprint density at radius 1 is 1.31 bits per heavy atom. The van der Waals surface area contributed by atoms with E-state index in [4.69, 9.17) is 5.73 Å². The van der Waals surface area contributed by atoms with E-state index in [1.54, 1.807) is 12.1 Å². The van der Waals surface area contributed by atoms with Crippen LogP contribution in [0.15, 0.2) is 24.3 Å². The van der Waals surface area contributed by atoms with E-state index in [1.807, 2.05) is 12.1 Å². The predicted octanol–water partition coefficient (Wildman–Crippen LogP) is 2.84. The van der Waals surface area contributed by atoms with Gasteiger partial charge < -0.3 is 10.8 Å². The minimum absolute atomic E-state index is 0.0464. The number of nitrogens with two attached hydrogens (primary N) is 1. The van der Waals surface area contributed by atoms with Crippen LogP contribution in [0.4, 0.5) is 0 Å². The highest BCUT2D eigenvalue weighted by Crippen LogP contribution is 2.34. The van der Waals surface area contributed by atoms with Gasteiger partial charge >= 0.3 is 0 Å². The van der Waals surface area contributed by atoms with Crippen molar-refractivity contribution in [2.45, 2.75) is 44.6 Å². The molecule has 1 aromatic carbocycles. The topological polar surface area (TPSA) is 46.2 Å². The molecular weight excluding hydrogens is 198 g/mol. The molecule has 0 saturated heterocycles. The average molecular weight is 219 g/mol. The van der Waals surface area contributed by atoms with E-state index < -0.39 is 0 Å². The maximum atomic E-state index is 9.25. The van der Waals surface area contributed by atoms with E-state index in [2.05, 4.69) is 6.92 Å². The summed E-state index contributed by atoms with van der Waals surface area (Å²) in [6.45, 7) is 2.26. The third-order valence-electron chi connectivity index (χ3n) is 3.98. The lowest BCUT2D eigenvalue weighted by molar-refractivity contribution is 0.204. The molecule has 2 heteroatoms. The van der Waals surface area contributed by atoms with Gasteiger partial charge in [-0.3, -0.25) is 0 Å². The van der Waals surface area contributed by atoms with E-state index in [9.17, 15) is 5.11 Å². The second-order valence-electron chi connectivity index (χ2n) is 5.22. The van der Waals surface area contributed by atoms with Crippen molar-refractivity contribution in [1.82, 2.24) is 0 Å². The second-order valence-corrected chi connectivity index (χ2v) is 5.22. The molecule has 2 nitrogen and oxygen atoms in total. The summed E-state index contributed by atoms with van der Waals surface area (Å²) in [5.74, 6) is 0.918. The molecule has 2 atom stereocenters. The van der Waals surface area contributed by atoms with Crippen LogP contribution in [0.5, 0.6) is 5.75 Å². The van der Waals surface area contributed by atoms with Crippen molar-refractivity contribution in [3.8, 4) is 5.75 Å². The van der Waals surface area contributed by atoms with Crippen molar-refractivity contribution in [2.75, 3.05) is 0 Å². The van der Waals surface area contributed by atoms with Gasteiger partial charge in [-0.2, -0.15) is 0 Å². The number of rotatable bonds is 2. The highest BCUT2D eigenvalue weighted by Gasteiger charge is 2.34. The van der Waals surface area contributed by atoms with Crippen LogP contribution in [0.25, 0.3) is 0 Å². The molecule has 0 amide bonds. The van der Waals surface area contributed by atoms with Gasteiger partial charge in [-0.25, -0.2) is 0 Å². The van der Waals surface area contributed by atoms with Crippen LogP contribution in [0.3, 0.4) is 0 Å². The number of aromatic hydroxyl groups is 1. The van der Waals surface area contributed by atoms with Crippen molar-refractivity contribution < 1.29 is 5.11 Å². The lowest BCUT2D eigenvalue weighted by Gasteiger charge is -2.39. The van der Waals surface area contributed by atoms with Gasteiger partial charge in [0.05, 0.1) is 0 Å². The monoisotopic (exact) mass is 219 g/mol. The summed E-state index contributed by atoms with van der Waals surface area (Å²) in [4.78, 5) is 0. The summed E-state index contributed by atoms with van der Waals surface area (Å²) >= 11 is 0. The molecule has 1 aromatic rings. The summed E-state index contributed by atoms with van der Waals surface area (Å²) in [6, 6.07) is 7.44. The average Bonchev–Trinajstić information content (AvgIpc) is 2.26. The summed E-state index contributed by atoms with van der Waals surface area (Å²) < 4.78 is 0. The molecule has 2 rings (SSSR count). The minimum Gasteiger partial charge on any atom is -0.508 e. The van der Waals surface area contributed by atoms with Crippen LogP contribution in [-0.4, -0.2) is 10.6 Å². The molecule has 88 valence electrons. The molecule has 1 saturated carbocycles. The third kappa shape index (κ3) is 2.38. The zero-order chi connectivity index (χ0) is 11.6. The van der Waals surface area contributed by atoms with E-state index in [1.165, 1.54) is 24.8 Å². The Hall–Kier alpha value is -1.02. The van der Waals surface area contributed by atoms with Crippen molar-refractivity contribution in [1.29, 1.82) is 0 Å². The van der Waals surface area contributed by atoms with Crippen molar-refractivity contribution in [3.63, 3.8) is 0 Å². The third-order valence-corrected chi connectivity index (χ3v) is 3.98. The van der Waals surface area contributed by atoms with Gasteiger partial charge in [0, 0.05) is 5.54 Å². The van der Waals surface area contributed by atoms with E-state index in [0.717, 1.165) is 12.8 Å². The molecule has 0 aromatic heterocycles. The number of hydrogen-bond donors (Lipinski definition) is 2. The fourth-order valence-corrected chi connectivity index (χ4v) is 2.69. The smallest absolute Gasteiger partial charge is 0.115 e. The first kappa shape index (κ1) is 11.5. The summed E-state index contributed by atoms with van der Waals surface area (Å²) in [6.07, 6.45) is 5.85. The van der Waals surface area contributed by atoms with Crippen LogP contribution in [-0.2, 0) is 6.42 Å². The first-order chi connectivity index (χ1) is 7.60. The second kappa shape index (κ2) is 4.46. The number of phenolic OH excluding ortho intramolecular Hbond substituents is 1. The Labute approximate surface area is 97.5 Å². The Bertz CT molecular complexity index is 346. The Morgan fingerprint density at radius 2 is 2.00 bits per heavy atom. The highest BCUT2D eigenvalue weighted by atomic mass is 16.3. The summed E-state index contributed by atoms with van der Waals surface area (Å²) in [5, 5.41) is 9.25. The van der Waals surface area contributed by atoms with Gasteiger partial charge in [0.25, 0.3) is 0 Å². The normalized spacial score (nSPS) is 30.2. The Morgan fingerprint density at radius 3 is 2.62 bits per heavy atom. The highest BCUT2D eigenvalue weighted by molar-refractivity contribution is 5.27. The van der Waals surface area contributed by atoms with Gasteiger partial charge in [-0.1, -0.05) is 31.9 Å². The summed E-state index contributed by atoms with van der Waals surface area (Å²) in [5.41, 5.74) is 7.69. The molecule has 1 fully saturated rings. The number of phenols is 1. The number of benzene rings is 1.